The van der Waals surface area contributed by atoms with Gasteiger partial charge < -0.3 is 0 Å². The highest BCUT2D eigenvalue weighted by Gasteiger charge is 2.20. The lowest BCUT2D eigenvalue weighted by atomic mass is 10.0. The molecular formula is C9H8FNO3. The minimum absolute atomic E-state index is 0.0311. The largest absolute Gasteiger partial charge is 0.294 e. The molecule has 0 saturated carbocycles. The van der Waals surface area contributed by atoms with Gasteiger partial charge in [0.2, 0.25) is 0 Å². The molecule has 4 nitrogen and oxygen atoms in total. The fraction of sp³-hybridized carbons (Fsp3) is 0.222. The maximum absolute atomic E-state index is 12.8. The number of hydrogen-bond donors (Lipinski definition) is 0. The van der Waals surface area contributed by atoms with E-state index in [1.54, 1.807) is 0 Å². The average molecular weight is 197 g/mol. The third kappa shape index (κ3) is 1.76. The van der Waals surface area contributed by atoms with Crippen molar-refractivity contribution in [3.63, 3.8) is 0 Å². The lowest BCUT2D eigenvalue weighted by Crippen LogP contribution is -2.03. The van der Waals surface area contributed by atoms with Gasteiger partial charge in [0.15, 0.2) is 5.78 Å². The van der Waals surface area contributed by atoms with Crippen LogP contribution in [-0.4, -0.2) is 10.7 Å². The fourth-order valence-electron chi connectivity index (χ4n) is 1.33. The van der Waals surface area contributed by atoms with Gasteiger partial charge in [-0.15, -0.1) is 0 Å². The quantitative estimate of drug-likeness (QED) is 0.415. The minimum atomic E-state index is -0.757. The molecule has 0 aliphatic carbocycles. The van der Waals surface area contributed by atoms with Gasteiger partial charge in [-0.3, -0.25) is 14.9 Å². The van der Waals surface area contributed by atoms with Crippen molar-refractivity contribution in [1.29, 1.82) is 0 Å². The number of Topliss-reactive ketones (excluding diaryl/α,β-unsaturated/α-hetero) is 1. The Kier molecular flexibility index (Phi) is 2.60. The van der Waals surface area contributed by atoms with Crippen molar-refractivity contribution in [1.82, 2.24) is 0 Å². The van der Waals surface area contributed by atoms with Crippen molar-refractivity contribution in [2.75, 3.05) is 0 Å². The molecule has 0 heterocycles. The van der Waals surface area contributed by atoms with Crippen LogP contribution >= 0.6 is 0 Å². The molecule has 0 aliphatic heterocycles. The van der Waals surface area contributed by atoms with E-state index in [0.717, 1.165) is 12.1 Å². The fourth-order valence-corrected chi connectivity index (χ4v) is 1.33. The summed E-state index contributed by atoms with van der Waals surface area (Å²) in [5.74, 6) is -1.14. The molecule has 0 atom stereocenters. The Hall–Kier alpha value is -1.78. The zero-order valence-corrected chi connectivity index (χ0v) is 7.70. The zero-order chi connectivity index (χ0) is 10.9. The first-order valence-electron chi connectivity index (χ1n) is 3.89. The number of carbonyl (C=O) groups excluding carboxylic acids is 1. The monoisotopic (exact) mass is 197 g/mol. The third-order valence-corrected chi connectivity index (χ3v) is 1.83. The van der Waals surface area contributed by atoms with Crippen molar-refractivity contribution in [2.45, 2.75) is 13.8 Å². The zero-order valence-electron chi connectivity index (χ0n) is 7.70. The van der Waals surface area contributed by atoms with Gasteiger partial charge in [-0.05, 0) is 25.5 Å². The summed E-state index contributed by atoms with van der Waals surface area (Å²) in [7, 11) is 0. The topological polar surface area (TPSA) is 60.2 Å². The number of benzene rings is 1. The summed E-state index contributed by atoms with van der Waals surface area (Å²) in [6.07, 6.45) is 0. The summed E-state index contributed by atoms with van der Waals surface area (Å²) >= 11 is 0. The van der Waals surface area contributed by atoms with E-state index in [2.05, 4.69) is 0 Å². The summed E-state index contributed by atoms with van der Waals surface area (Å²) in [5, 5.41) is 10.5. The molecule has 14 heavy (non-hydrogen) atoms. The molecule has 0 saturated heterocycles. The Morgan fingerprint density at radius 3 is 2.50 bits per heavy atom. The number of nitro benzene ring substituents is 1. The highest BCUT2D eigenvalue weighted by atomic mass is 19.1. The number of ketones is 1. The summed E-state index contributed by atoms with van der Waals surface area (Å²) in [6.45, 7) is 2.68. The molecule has 5 heteroatoms. The highest BCUT2D eigenvalue weighted by Crippen LogP contribution is 2.23. The molecule has 0 radical (unpaired) electrons. The SMILES string of the molecule is CC(=O)c1c(C)cc(F)cc1[N+](=O)[O-]. The van der Waals surface area contributed by atoms with E-state index < -0.39 is 22.2 Å². The number of nitro groups is 1. The second-order valence-corrected chi connectivity index (χ2v) is 2.93. The maximum atomic E-state index is 12.8. The Labute approximate surface area is 79.5 Å². The summed E-state index contributed by atoms with van der Waals surface area (Å²) in [5.41, 5.74) is -0.226. The molecule has 0 fully saturated rings. The van der Waals surface area contributed by atoms with Crippen molar-refractivity contribution in [3.8, 4) is 0 Å². The number of nitrogens with zero attached hydrogens (tertiary/aromatic N) is 1. The van der Waals surface area contributed by atoms with Crippen LogP contribution in [0.3, 0.4) is 0 Å². The summed E-state index contributed by atoms with van der Waals surface area (Å²) in [4.78, 5) is 20.8. The van der Waals surface area contributed by atoms with Gasteiger partial charge >= 0.3 is 0 Å². The Morgan fingerprint density at radius 2 is 2.07 bits per heavy atom. The van der Waals surface area contributed by atoms with E-state index in [-0.39, 0.29) is 11.1 Å². The van der Waals surface area contributed by atoms with Gasteiger partial charge in [0, 0.05) is 0 Å². The maximum Gasteiger partial charge on any atom is 0.283 e. The first-order chi connectivity index (χ1) is 6.43. The van der Waals surface area contributed by atoms with Crippen LogP contribution < -0.4 is 0 Å². The van der Waals surface area contributed by atoms with Crippen LogP contribution in [0.1, 0.15) is 22.8 Å². The predicted octanol–water partition coefficient (Wildman–Crippen LogP) is 2.24. The molecule has 0 N–H and O–H groups in total. The second-order valence-electron chi connectivity index (χ2n) is 2.93. The van der Waals surface area contributed by atoms with Crippen molar-refractivity contribution >= 4 is 11.5 Å². The van der Waals surface area contributed by atoms with Crippen LogP contribution in [0.5, 0.6) is 0 Å². The molecule has 0 aliphatic rings. The van der Waals surface area contributed by atoms with Crippen LogP contribution in [0.15, 0.2) is 12.1 Å². The molecule has 0 aromatic heterocycles. The minimum Gasteiger partial charge on any atom is -0.294 e. The smallest absolute Gasteiger partial charge is 0.283 e. The Balaban J connectivity index is 3.52. The Morgan fingerprint density at radius 1 is 1.50 bits per heavy atom. The lowest BCUT2D eigenvalue weighted by molar-refractivity contribution is -0.385. The van der Waals surface area contributed by atoms with Crippen LogP contribution in [0.2, 0.25) is 0 Å². The van der Waals surface area contributed by atoms with Gasteiger partial charge in [-0.25, -0.2) is 4.39 Å². The average Bonchev–Trinajstić information content (AvgIpc) is 2.01. The van der Waals surface area contributed by atoms with Crippen LogP contribution in [0.4, 0.5) is 10.1 Å². The number of halogens is 1. The van der Waals surface area contributed by atoms with Gasteiger partial charge in [0.25, 0.3) is 5.69 Å². The molecule has 0 spiro atoms. The molecule has 1 aromatic rings. The third-order valence-electron chi connectivity index (χ3n) is 1.83. The van der Waals surface area contributed by atoms with Crippen LogP contribution in [-0.2, 0) is 0 Å². The standard InChI is InChI=1S/C9H8FNO3/c1-5-3-7(10)4-8(11(13)14)9(5)6(2)12/h3-4H,1-2H3. The number of hydrogen-bond acceptors (Lipinski definition) is 3. The second kappa shape index (κ2) is 3.53. The molecule has 0 bridgehead atoms. The number of carbonyl (C=O) groups is 1. The van der Waals surface area contributed by atoms with Crippen molar-refractivity contribution in [2.24, 2.45) is 0 Å². The normalized spacial score (nSPS) is 9.93. The van der Waals surface area contributed by atoms with Crippen LogP contribution in [0.25, 0.3) is 0 Å². The van der Waals surface area contributed by atoms with Gasteiger partial charge in [0.1, 0.15) is 5.82 Å². The van der Waals surface area contributed by atoms with E-state index in [1.807, 2.05) is 0 Å². The first-order valence-corrected chi connectivity index (χ1v) is 3.89. The number of rotatable bonds is 2. The molecule has 1 aromatic carbocycles. The summed E-state index contributed by atoms with van der Waals surface area (Å²) < 4.78 is 12.8. The molecule has 74 valence electrons. The van der Waals surface area contributed by atoms with Crippen molar-refractivity contribution < 1.29 is 14.1 Å². The molecule has 1 rings (SSSR count). The Bertz CT molecular complexity index is 415. The van der Waals surface area contributed by atoms with E-state index in [1.165, 1.54) is 13.8 Å². The molecule has 0 unspecified atom stereocenters. The van der Waals surface area contributed by atoms with E-state index in [9.17, 15) is 19.3 Å². The van der Waals surface area contributed by atoms with E-state index in [4.69, 9.17) is 0 Å². The van der Waals surface area contributed by atoms with E-state index in [0.29, 0.717) is 0 Å². The molecule has 0 amide bonds. The molecular weight excluding hydrogens is 189 g/mol. The predicted molar refractivity (Wildman–Crippen MR) is 47.8 cm³/mol. The highest BCUT2D eigenvalue weighted by molar-refractivity contribution is 5.99. The van der Waals surface area contributed by atoms with Gasteiger partial charge in [0.05, 0.1) is 16.6 Å². The van der Waals surface area contributed by atoms with Crippen LogP contribution in [0, 0.1) is 22.9 Å². The van der Waals surface area contributed by atoms with Gasteiger partial charge in [-0.1, -0.05) is 0 Å². The summed E-state index contributed by atoms with van der Waals surface area (Å²) in [6, 6.07) is 1.85. The number of aryl methyl sites for hydroxylation is 1. The van der Waals surface area contributed by atoms with E-state index >= 15 is 0 Å². The lowest BCUT2D eigenvalue weighted by Gasteiger charge is -2.02. The first kappa shape index (κ1) is 10.3. The van der Waals surface area contributed by atoms with Crippen molar-refractivity contribution in [3.05, 3.63) is 39.2 Å². The van der Waals surface area contributed by atoms with Gasteiger partial charge in [-0.2, -0.15) is 0 Å².